The van der Waals surface area contributed by atoms with Gasteiger partial charge in [0.2, 0.25) is 5.91 Å². The van der Waals surface area contributed by atoms with Crippen molar-refractivity contribution in [2.45, 2.75) is 12.8 Å². The van der Waals surface area contributed by atoms with Crippen LogP contribution < -0.4 is 4.74 Å². The van der Waals surface area contributed by atoms with Gasteiger partial charge < -0.3 is 19.3 Å². The van der Waals surface area contributed by atoms with Gasteiger partial charge in [0.25, 0.3) is 5.91 Å². The van der Waals surface area contributed by atoms with E-state index in [-0.39, 0.29) is 29.8 Å². The molecule has 2 amide bonds. The number of ether oxygens (including phenoxy) is 2. The largest absolute Gasteiger partial charge is 0.484 e. The zero-order valence-electron chi connectivity index (χ0n) is 14.9. The molecule has 1 atom stereocenters. The second kappa shape index (κ2) is 7.44. The average Bonchev–Trinajstić information content (AvgIpc) is 2.99. The summed E-state index contributed by atoms with van der Waals surface area (Å²) in [5, 5.41) is 0. The molecule has 6 heteroatoms. The fourth-order valence-electron chi connectivity index (χ4n) is 3.85. The van der Waals surface area contributed by atoms with Crippen LogP contribution >= 0.6 is 0 Å². The third-order valence-corrected chi connectivity index (χ3v) is 5.33. The molecular formula is C19H26N2O4. The van der Waals surface area contributed by atoms with Crippen molar-refractivity contribution in [3.8, 4) is 5.75 Å². The number of rotatable bonds is 4. The number of hydrogen-bond acceptors (Lipinski definition) is 4. The number of carbonyl (C=O) groups is 2. The number of nitrogens with zero attached hydrogens (tertiary/aromatic N) is 2. The van der Waals surface area contributed by atoms with Gasteiger partial charge in [-0.15, -0.1) is 0 Å². The number of para-hydroxylation sites is 1. The van der Waals surface area contributed by atoms with E-state index in [4.69, 9.17) is 9.47 Å². The minimum absolute atomic E-state index is 0.000528. The zero-order chi connectivity index (χ0) is 17.9. The van der Waals surface area contributed by atoms with Gasteiger partial charge in [0.15, 0.2) is 6.61 Å². The van der Waals surface area contributed by atoms with Crippen LogP contribution in [0, 0.1) is 11.3 Å². The molecule has 0 saturated carbocycles. The SMILES string of the molecule is CN(C)C(=O)C1CN(C(=O)COc2ccccc2)CC12CCOCC2. The van der Waals surface area contributed by atoms with Gasteiger partial charge in [-0.1, -0.05) is 18.2 Å². The van der Waals surface area contributed by atoms with Crippen LogP contribution in [0.3, 0.4) is 0 Å². The van der Waals surface area contributed by atoms with Crippen molar-refractivity contribution in [3.63, 3.8) is 0 Å². The van der Waals surface area contributed by atoms with Crippen LogP contribution in [0.15, 0.2) is 30.3 Å². The van der Waals surface area contributed by atoms with Crippen molar-refractivity contribution in [2.75, 3.05) is 47.0 Å². The van der Waals surface area contributed by atoms with E-state index in [1.807, 2.05) is 30.3 Å². The molecule has 1 aromatic carbocycles. The molecule has 2 heterocycles. The molecule has 2 saturated heterocycles. The summed E-state index contributed by atoms with van der Waals surface area (Å²) < 4.78 is 11.1. The van der Waals surface area contributed by atoms with Crippen LogP contribution in [0.1, 0.15) is 12.8 Å². The van der Waals surface area contributed by atoms with Gasteiger partial charge in [-0.3, -0.25) is 9.59 Å². The molecule has 0 aromatic heterocycles. The third kappa shape index (κ3) is 3.79. The quantitative estimate of drug-likeness (QED) is 0.827. The monoisotopic (exact) mass is 346 g/mol. The first-order valence-corrected chi connectivity index (χ1v) is 8.76. The molecule has 2 aliphatic rings. The second-order valence-corrected chi connectivity index (χ2v) is 7.14. The van der Waals surface area contributed by atoms with Gasteiger partial charge in [0, 0.05) is 45.8 Å². The van der Waals surface area contributed by atoms with Crippen LogP contribution in [-0.4, -0.2) is 68.6 Å². The molecule has 3 rings (SSSR count). The fraction of sp³-hybridized carbons (Fsp3) is 0.579. The summed E-state index contributed by atoms with van der Waals surface area (Å²) in [5.41, 5.74) is -0.165. The second-order valence-electron chi connectivity index (χ2n) is 7.14. The number of hydrogen-bond donors (Lipinski definition) is 0. The summed E-state index contributed by atoms with van der Waals surface area (Å²) in [6.07, 6.45) is 1.64. The van der Waals surface area contributed by atoms with E-state index in [0.717, 1.165) is 12.8 Å². The molecule has 136 valence electrons. The van der Waals surface area contributed by atoms with E-state index in [0.29, 0.717) is 32.1 Å². The number of likely N-dealkylation sites (tertiary alicyclic amines) is 1. The Hall–Kier alpha value is -2.08. The summed E-state index contributed by atoms with van der Waals surface area (Å²) in [7, 11) is 3.55. The van der Waals surface area contributed by atoms with Crippen molar-refractivity contribution in [1.82, 2.24) is 9.80 Å². The number of benzene rings is 1. The Morgan fingerprint density at radius 2 is 1.92 bits per heavy atom. The first-order valence-electron chi connectivity index (χ1n) is 8.76. The topological polar surface area (TPSA) is 59.1 Å². The maximum atomic E-state index is 12.7. The summed E-state index contributed by atoms with van der Waals surface area (Å²) in [6, 6.07) is 9.31. The maximum absolute atomic E-state index is 12.7. The van der Waals surface area contributed by atoms with Gasteiger partial charge in [0.05, 0.1) is 5.92 Å². The van der Waals surface area contributed by atoms with Gasteiger partial charge >= 0.3 is 0 Å². The summed E-state index contributed by atoms with van der Waals surface area (Å²) in [5.74, 6) is 0.550. The third-order valence-electron chi connectivity index (χ3n) is 5.33. The molecule has 0 bridgehead atoms. The zero-order valence-corrected chi connectivity index (χ0v) is 14.9. The Labute approximate surface area is 148 Å². The van der Waals surface area contributed by atoms with Crippen LogP contribution in [0.25, 0.3) is 0 Å². The Balaban J connectivity index is 1.68. The standard InChI is InChI=1S/C19H26N2O4/c1-20(2)18(23)16-12-21(14-19(16)8-10-24-11-9-19)17(22)13-25-15-6-4-3-5-7-15/h3-7,16H,8-14H2,1-2H3. The van der Waals surface area contributed by atoms with Crippen molar-refractivity contribution in [3.05, 3.63) is 30.3 Å². The van der Waals surface area contributed by atoms with Crippen LogP contribution in [0.4, 0.5) is 0 Å². The highest BCUT2D eigenvalue weighted by molar-refractivity contribution is 5.83. The molecule has 0 aliphatic carbocycles. The maximum Gasteiger partial charge on any atom is 0.260 e. The number of carbonyl (C=O) groups excluding carboxylic acids is 2. The summed E-state index contributed by atoms with van der Waals surface area (Å²) in [6.45, 7) is 2.38. The molecule has 2 aliphatic heterocycles. The fourth-order valence-corrected chi connectivity index (χ4v) is 3.85. The molecule has 1 unspecified atom stereocenters. The minimum atomic E-state index is -0.165. The molecule has 1 aromatic rings. The lowest BCUT2D eigenvalue weighted by Gasteiger charge is -2.37. The van der Waals surface area contributed by atoms with Gasteiger partial charge in [-0.2, -0.15) is 0 Å². The van der Waals surface area contributed by atoms with Crippen LogP contribution in [0.5, 0.6) is 5.75 Å². The average molecular weight is 346 g/mol. The first kappa shape index (κ1) is 17.7. The van der Waals surface area contributed by atoms with E-state index in [1.54, 1.807) is 23.9 Å². The Bertz CT molecular complexity index is 611. The Morgan fingerprint density at radius 1 is 1.24 bits per heavy atom. The molecule has 1 spiro atoms. The van der Waals surface area contributed by atoms with Gasteiger partial charge in [-0.05, 0) is 25.0 Å². The highest BCUT2D eigenvalue weighted by atomic mass is 16.5. The number of amides is 2. The smallest absolute Gasteiger partial charge is 0.260 e. The van der Waals surface area contributed by atoms with E-state index in [2.05, 4.69) is 0 Å². The molecular weight excluding hydrogens is 320 g/mol. The predicted octanol–water partition coefficient (Wildman–Crippen LogP) is 1.41. The highest BCUT2D eigenvalue weighted by Crippen LogP contribution is 2.44. The van der Waals surface area contributed by atoms with E-state index >= 15 is 0 Å². The van der Waals surface area contributed by atoms with Gasteiger partial charge in [0.1, 0.15) is 5.75 Å². The lowest BCUT2D eigenvalue weighted by Crippen LogP contribution is -2.44. The minimum Gasteiger partial charge on any atom is -0.484 e. The molecule has 0 N–H and O–H groups in total. The first-order chi connectivity index (χ1) is 12.0. The van der Waals surface area contributed by atoms with Gasteiger partial charge in [-0.25, -0.2) is 0 Å². The van der Waals surface area contributed by atoms with Crippen molar-refractivity contribution >= 4 is 11.8 Å². The molecule has 25 heavy (non-hydrogen) atoms. The summed E-state index contributed by atoms with van der Waals surface area (Å²) in [4.78, 5) is 28.7. The van der Waals surface area contributed by atoms with E-state index in [1.165, 1.54) is 0 Å². The normalized spacial score (nSPS) is 22.0. The molecule has 6 nitrogen and oxygen atoms in total. The van der Waals surface area contributed by atoms with E-state index in [9.17, 15) is 9.59 Å². The Morgan fingerprint density at radius 3 is 2.56 bits per heavy atom. The van der Waals surface area contributed by atoms with Crippen molar-refractivity contribution in [2.24, 2.45) is 11.3 Å². The van der Waals surface area contributed by atoms with Crippen molar-refractivity contribution in [1.29, 1.82) is 0 Å². The molecule has 2 fully saturated rings. The molecule has 0 radical (unpaired) electrons. The Kier molecular flexibility index (Phi) is 5.27. The predicted molar refractivity (Wildman–Crippen MR) is 93.2 cm³/mol. The van der Waals surface area contributed by atoms with Crippen LogP contribution in [0.2, 0.25) is 0 Å². The highest BCUT2D eigenvalue weighted by Gasteiger charge is 2.52. The summed E-state index contributed by atoms with van der Waals surface area (Å²) >= 11 is 0. The lowest BCUT2D eigenvalue weighted by atomic mass is 9.71. The lowest BCUT2D eigenvalue weighted by molar-refractivity contribution is -0.138. The van der Waals surface area contributed by atoms with Crippen LogP contribution in [-0.2, 0) is 14.3 Å². The van der Waals surface area contributed by atoms with E-state index < -0.39 is 0 Å². The van der Waals surface area contributed by atoms with Crippen molar-refractivity contribution < 1.29 is 19.1 Å².